The van der Waals surface area contributed by atoms with Gasteiger partial charge in [-0.05, 0) is 48.9 Å². The van der Waals surface area contributed by atoms with E-state index in [0.29, 0.717) is 5.69 Å². The van der Waals surface area contributed by atoms with Crippen molar-refractivity contribution in [2.45, 2.75) is 18.4 Å². The average molecular weight is 504 g/mol. The average Bonchev–Trinajstić information content (AvgIpc) is 3.09. The first-order chi connectivity index (χ1) is 15.7. The highest BCUT2D eigenvalue weighted by Gasteiger charge is 2.37. The van der Waals surface area contributed by atoms with E-state index in [4.69, 9.17) is 5.21 Å². The van der Waals surface area contributed by atoms with Gasteiger partial charge in [0.05, 0.1) is 22.8 Å². The fourth-order valence-corrected chi connectivity index (χ4v) is 6.76. The molecule has 1 N–H and O–H groups in total. The van der Waals surface area contributed by atoms with E-state index < -0.39 is 21.2 Å². The molecule has 172 valence electrons. The molecule has 1 aliphatic heterocycles. The lowest BCUT2D eigenvalue weighted by atomic mass is 10.2. The predicted molar refractivity (Wildman–Crippen MR) is 130 cm³/mol. The summed E-state index contributed by atoms with van der Waals surface area (Å²) in [5.74, 6) is 0. The highest BCUT2D eigenvalue weighted by molar-refractivity contribution is 8.26. The molecule has 1 heterocycles. The van der Waals surface area contributed by atoms with Crippen molar-refractivity contribution < 1.29 is 17.8 Å². The van der Waals surface area contributed by atoms with Gasteiger partial charge in [-0.25, -0.2) is 12.2 Å². The lowest BCUT2D eigenvalue weighted by molar-refractivity contribution is 0.296. The van der Waals surface area contributed by atoms with Crippen LogP contribution in [-0.4, -0.2) is 27.3 Å². The molecule has 0 aromatic heterocycles. The van der Waals surface area contributed by atoms with Gasteiger partial charge in [0.25, 0.3) is 10.0 Å². The Morgan fingerprint density at radius 2 is 1.67 bits per heavy atom. The molecule has 0 unspecified atom stereocenters. The van der Waals surface area contributed by atoms with Gasteiger partial charge in [-0.15, -0.1) is 4.40 Å². The third-order valence-corrected chi connectivity index (χ3v) is 8.82. The molecule has 3 aromatic rings. The van der Waals surface area contributed by atoms with Gasteiger partial charge in [0, 0.05) is 11.9 Å². The number of sulfonamides is 1. The second kappa shape index (κ2) is 9.53. The molecule has 0 saturated carbocycles. The molecule has 1 saturated heterocycles. The maximum absolute atomic E-state index is 13.4. The van der Waals surface area contributed by atoms with Gasteiger partial charge in [0.1, 0.15) is 0 Å². The number of benzene rings is 3. The Morgan fingerprint density at radius 3 is 2.27 bits per heavy atom. The van der Waals surface area contributed by atoms with Crippen molar-refractivity contribution >= 4 is 49.7 Å². The summed E-state index contributed by atoms with van der Waals surface area (Å²) < 4.78 is 46.0. The Kier molecular flexibility index (Phi) is 6.72. The van der Waals surface area contributed by atoms with E-state index in [9.17, 15) is 17.8 Å². The lowest BCUT2D eigenvalue weighted by Gasteiger charge is -2.22. The Bertz CT molecular complexity index is 1280. The third kappa shape index (κ3) is 5.20. The molecule has 12 heteroatoms. The Hall–Kier alpha value is -2.90. The minimum absolute atomic E-state index is 0.00529. The number of hydrogen-bond acceptors (Lipinski definition) is 7. The quantitative estimate of drug-likeness (QED) is 0.399. The molecular formula is C21H19N4O5S3-. The van der Waals surface area contributed by atoms with Crippen molar-refractivity contribution in [3.8, 4) is 0 Å². The van der Waals surface area contributed by atoms with Crippen LogP contribution in [0.1, 0.15) is 11.1 Å². The van der Waals surface area contributed by atoms with Crippen molar-refractivity contribution in [3.63, 3.8) is 0 Å². The Labute approximate surface area is 198 Å². The third-order valence-electron chi connectivity index (χ3n) is 4.68. The minimum atomic E-state index is -4.05. The largest absolute Gasteiger partial charge is 0.733 e. The number of amidine groups is 1. The zero-order valence-electron chi connectivity index (χ0n) is 17.3. The molecule has 33 heavy (non-hydrogen) atoms. The first-order valence-electron chi connectivity index (χ1n) is 9.64. The highest BCUT2D eigenvalue weighted by atomic mass is 32.3. The molecule has 1 fully saturated rings. The minimum Gasteiger partial charge on any atom is -0.733 e. The molecule has 0 spiro atoms. The summed E-state index contributed by atoms with van der Waals surface area (Å²) in [4.78, 5) is 0.0351. The van der Waals surface area contributed by atoms with E-state index in [-0.39, 0.29) is 27.5 Å². The molecule has 4 rings (SSSR count). The topological polar surface area (TPSA) is 117 Å². The van der Waals surface area contributed by atoms with E-state index >= 15 is 0 Å². The van der Waals surface area contributed by atoms with Gasteiger partial charge in [0.15, 0.2) is 0 Å². The molecule has 0 bridgehead atoms. The number of anilines is 2. The first kappa shape index (κ1) is 23.3. The fraction of sp³-hybridized carbons (Fsp3) is 0.0952. The molecule has 0 radical (unpaired) electrons. The van der Waals surface area contributed by atoms with Crippen LogP contribution in [0.4, 0.5) is 11.4 Å². The van der Waals surface area contributed by atoms with Crippen LogP contribution in [0.5, 0.6) is 0 Å². The summed E-state index contributed by atoms with van der Waals surface area (Å²) in [5.41, 5.74) is 2.19. The molecule has 0 aliphatic carbocycles. The summed E-state index contributed by atoms with van der Waals surface area (Å²) in [6.07, 6.45) is 0. The van der Waals surface area contributed by atoms with Crippen LogP contribution in [0.25, 0.3) is 0 Å². The van der Waals surface area contributed by atoms with Crippen LogP contribution >= 0.6 is 11.9 Å². The maximum atomic E-state index is 13.4. The number of rotatable bonds is 6. The maximum Gasteiger partial charge on any atom is 0.284 e. The normalized spacial score (nSPS) is 17.5. The zero-order valence-corrected chi connectivity index (χ0v) is 19.8. The number of aryl methyl sites for hydroxylation is 1. The Balaban J connectivity index is 1.71. The van der Waals surface area contributed by atoms with Crippen LogP contribution in [0, 0.1) is 12.1 Å². The highest BCUT2D eigenvalue weighted by Crippen LogP contribution is 2.37. The first-order valence-corrected chi connectivity index (χ1v) is 12.9. The van der Waals surface area contributed by atoms with E-state index in [1.165, 1.54) is 44.4 Å². The van der Waals surface area contributed by atoms with E-state index in [0.717, 1.165) is 23.1 Å². The van der Waals surface area contributed by atoms with Crippen LogP contribution in [0.2, 0.25) is 0 Å². The van der Waals surface area contributed by atoms with Crippen molar-refractivity contribution in [3.05, 3.63) is 95.2 Å². The molecule has 1 atom stereocenters. The van der Waals surface area contributed by atoms with E-state index in [1.807, 2.05) is 37.3 Å². The molecule has 0 amide bonds. The van der Waals surface area contributed by atoms with Gasteiger partial charge in [-0.2, -0.15) is 8.42 Å². The van der Waals surface area contributed by atoms with Gasteiger partial charge >= 0.3 is 0 Å². The van der Waals surface area contributed by atoms with Gasteiger partial charge in [-0.1, -0.05) is 48.0 Å². The summed E-state index contributed by atoms with van der Waals surface area (Å²) in [6, 6.07) is 21.3. The van der Waals surface area contributed by atoms with Crippen molar-refractivity contribution in [1.29, 1.82) is 0 Å². The van der Waals surface area contributed by atoms with Gasteiger partial charge in [0.2, 0.25) is 16.3 Å². The summed E-state index contributed by atoms with van der Waals surface area (Å²) in [5, 5.41) is 19.9. The molecule has 3 aromatic carbocycles. The van der Waals surface area contributed by atoms with Crippen LogP contribution < -0.4 is 8.94 Å². The van der Waals surface area contributed by atoms with Gasteiger partial charge in [-0.3, -0.25) is 5.21 Å². The second-order valence-electron chi connectivity index (χ2n) is 7.05. The van der Waals surface area contributed by atoms with E-state index in [1.54, 1.807) is 12.1 Å². The smallest absolute Gasteiger partial charge is 0.284 e. The summed E-state index contributed by atoms with van der Waals surface area (Å²) in [6.45, 7) is 2.02. The fourth-order valence-electron chi connectivity index (χ4n) is 2.95. The summed E-state index contributed by atoms with van der Waals surface area (Å²) >= 11 is -0.898. The standard InChI is InChI=1S/C21H19N4O5S3/c1-16-7-13-20(14-8-16)33(29,30)22-21-23(15-17-5-3-2-4-6-17)32(28)25(31-21)19-11-9-18(10-12-19)24(26)27/h2-14,26H,15H2,1H3/q-1/t32-/m1/s1. The zero-order chi connectivity index (χ0) is 23.6. The van der Waals surface area contributed by atoms with Crippen molar-refractivity contribution in [2.75, 3.05) is 8.94 Å². The second-order valence-corrected chi connectivity index (χ2v) is 11.1. The SMILES string of the molecule is Cc1ccc(S(=O)(=O)N=C2SN(c3ccc(N([O-])O)cc3)[S@](=O)N2Cc2ccccc2)cc1. The number of nitrogens with zero attached hydrogens (tertiary/aromatic N) is 4. The van der Waals surface area contributed by atoms with E-state index in [2.05, 4.69) is 4.40 Å². The summed E-state index contributed by atoms with van der Waals surface area (Å²) in [7, 11) is -4.05. The molecule has 1 aliphatic rings. The monoisotopic (exact) mass is 503 g/mol. The van der Waals surface area contributed by atoms with Crippen molar-refractivity contribution in [2.24, 2.45) is 4.40 Å². The van der Waals surface area contributed by atoms with Crippen molar-refractivity contribution in [1.82, 2.24) is 4.31 Å². The molecule has 9 nitrogen and oxygen atoms in total. The van der Waals surface area contributed by atoms with Gasteiger partial charge < -0.3 is 10.4 Å². The predicted octanol–water partition coefficient (Wildman–Crippen LogP) is 3.98. The number of hydrogen-bond donors (Lipinski definition) is 1. The van der Waals surface area contributed by atoms with Crippen LogP contribution in [0.3, 0.4) is 0 Å². The lowest BCUT2D eigenvalue weighted by Crippen LogP contribution is -2.28. The molecular weight excluding hydrogens is 484 g/mol. The van der Waals surface area contributed by atoms with Crippen LogP contribution in [0.15, 0.2) is 88.2 Å². The van der Waals surface area contributed by atoms with Crippen LogP contribution in [-0.2, 0) is 27.7 Å². The Morgan fingerprint density at radius 1 is 1.03 bits per heavy atom.